The Kier molecular flexibility index (Phi) is 5.59. The molecule has 0 atom stereocenters. The van der Waals surface area contributed by atoms with Crippen molar-refractivity contribution in [3.8, 4) is 11.1 Å². The van der Waals surface area contributed by atoms with E-state index in [4.69, 9.17) is 5.73 Å². The smallest absolute Gasteiger partial charge is 0.227 e. The summed E-state index contributed by atoms with van der Waals surface area (Å²) >= 11 is 0. The number of nitrogens with zero attached hydrogens (tertiary/aromatic N) is 1. The van der Waals surface area contributed by atoms with Gasteiger partial charge in [-0.25, -0.2) is 0 Å². The minimum Gasteiger partial charge on any atom is -0.369 e. The van der Waals surface area contributed by atoms with Crippen LogP contribution in [-0.4, -0.2) is 29.8 Å². The van der Waals surface area contributed by atoms with Crippen molar-refractivity contribution >= 4 is 11.8 Å². The lowest BCUT2D eigenvalue weighted by atomic mass is 9.72. The Morgan fingerprint density at radius 1 is 0.929 bits per heavy atom. The van der Waals surface area contributed by atoms with Crippen molar-refractivity contribution in [2.45, 2.75) is 40.0 Å². The Bertz CT molecular complexity index is 827. The lowest BCUT2D eigenvalue weighted by molar-refractivity contribution is -0.145. The van der Waals surface area contributed by atoms with E-state index in [-0.39, 0.29) is 11.8 Å². The molecular formula is C24H30N2O2. The van der Waals surface area contributed by atoms with Crippen LogP contribution in [0.25, 0.3) is 11.1 Å². The van der Waals surface area contributed by atoms with Gasteiger partial charge in [0.15, 0.2) is 0 Å². The Morgan fingerprint density at radius 3 is 1.96 bits per heavy atom. The zero-order valence-electron chi connectivity index (χ0n) is 17.1. The number of amides is 2. The van der Waals surface area contributed by atoms with Crippen LogP contribution in [-0.2, 0) is 16.0 Å². The minimum atomic E-state index is -0.580. The monoisotopic (exact) mass is 378 g/mol. The number of hydrogen-bond acceptors (Lipinski definition) is 2. The Morgan fingerprint density at radius 2 is 1.46 bits per heavy atom. The molecule has 2 N–H and O–H groups in total. The van der Waals surface area contributed by atoms with Crippen molar-refractivity contribution in [3.63, 3.8) is 0 Å². The summed E-state index contributed by atoms with van der Waals surface area (Å²) < 4.78 is 0. The van der Waals surface area contributed by atoms with Crippen LogP contribution in [0, 0.1) is 10.8 Å². The molecule has 0 radical (unpaired) electrons. The number of hydrogen-bond donors (Lipinski definition) is 1. The van der Waals surface area contributed by atoms with Crippen molar-refractivity contribution in [1.29, 1.82) is 0 Å². The van der Waals surface area contributed by atoms with Crippen LogP contribution in [0.2, 0.25) is 0 Å². The highest BCUT2D eigenvalue weighted by Crippen LogP contribution is 2.36. The van der Waals surface area contributed by atoms with Gasteiger partial charge in [0, 0.05) is 18.5 Å². The fourth-order valence-electron chi connectivity index (χ4n) is 3.96. The third kappa shape index (κ3) is 4.27. The summed E-state index contributed by atoms with van der Waals surface area (Å²) in [5, 5.41) is 0. The first-order valence-corrected chi connectivity index (χ1v) is 9.95. The highest BCUT2D eigenvalue weighted by molar-refractivity contribution is 5.84. The van der Waals surface area contributed by atoms with E-state index in [0.29, 0.717) is 32.4 Å². The molecule has 3 rings (SSSR count). The normalized spacial score (nSPS) is 16.6. The number of nitrogens with two attached hydrogens (primary N) is 1. The van der Waals surface area contributed by atoms with Gasteiger partial charge in [-0.1, -0.05) is 75.4 Å². The fourth-order valence-corrected chi connectivity index (χ4v) is 3.96. The molecule has 0 aliphatic carbocycles. The van der Waals surface area contributed by atoms with Gasteiger partial charge in [-0.05, 0) is 36.0 Å². The van der Waals surface area contributed by atoms with Gasteiger partial charge in [-0.15, -0.1) is 0 Å². The van der Waals surface area contributed by atoms with Gasteiger partial charge in [-0.2, -0.15) is 0 Å². The second-order valence-corrected chi connectivity index (χ2v) is 8.93. The van der Waals surface area contributed by atoms with Crippen molar-refractivity contribution in [1.82, 2.24) is 4.90 Å². The maximum Gasteiger partial charge on any atom is 0.227 e. The molecule has 1 fully saturated rings. The Hall–Kier alpha value is -2.62. The lowest BCUT2D eigenvalue weighted by Gasteiger charge is -2.41. The van der Waals surface area contributed by atoms with Crippen molar-refractivity contribution < 1.29 is 9.59 Å². The number of benzene rings is 2. The van der Waals surface area contributed by atoms with Gasteiger partial charge in [0.05, 0.1) is 5.41 Å². The summed E-state index contributed by atoms with van der Waals surface area (Å²) in [5.41, 5.74) is 8.29. The van der Waals surface area contributed by atoms with Gasteiger partial charge in [0.25, 0.3) is 0 Å². The molecule has 0 unspecified atom stereocenters. The maximum atomic E-state index is 12.5. The SMILES string of the molecule is CC(C)(C)C(=O)N1CCC(Cc2ccc(-c3ccccc3)cc2)(C(N)=O)CC1. The molecule has 0 spiro atoms. The van der Waals surface area contributed by atoms with E-state index >= 15 is 0 Å². The van der Waals surface area contributed by atoms with Crippen molar-refractivity contribution in [3.05, 3.63) is 60.2 Å². The second kappa shape index (κ2) is 7.78. The van der Waals surface area contributed by atoms with Gasteiger partial charge in [-0.3, -0.25) is 9.59 Å². The number of piperidine rings is 1. The molecule has 1 aliphatic rings. The molecule has 1 saturated heterocycles. The molecule has 1 aliphatic heterocycles. The standard InChI is InChI=1S/C24H30N2O2/c1-23(2,3)22(28)26-15-13-24(14-16-26,21(25)27)17-18-9-11-20(12-10-18)19-7-5-4-6-8-19/h4-12H,13-17H2,1-3H3,(H2,25,27). The summed E-state index contributed by atoms with van der Waals surface area (Å²) in [6.45, 7) is 6.96. The molecule has 0 saturated carbocycles. The van der Waals surface area contributed by atoms with Crippen molar-refractivity contribution in [2.24, 2.45) is 16.6 Å². The average molecular weight is 379 g/mol. The first-order chi connectivity index (χ1) is 13.2. The van der Waals surface area contributed by atoms with Crippen LogP contribution in [0.5, 0.6) is 0 Å². The average Bonchev–Trinajstić information content (AvgIpc) is 2.68. The van der Waals surface area contributed by atoms with Crippen LogP contribution in [0.4, 0.5) is 0 Å². The zero-order valence-corrected chi connectivity index (χ0v) is 17.1. The predicted octanol–water partition coefficient (Wildman–Crippen LogP) is 4.04. The summed E-state index contributed by atoms with van der Waals surface area (Å²) in [4.78, 5) is 26.8. The summed E-state index contributed by atoms with van der Waals surface area (Å²) in [5.74, 6) is -0.125. The zero-order chi connectivity index (χ0) is 20.4. The lowest BCUT2D eigenvalue weighted by Crippen LogP contribution is -2.51. The second-order valence-electron chi connectivity index (χ2n) is 8.93. The van der Waals surface area contributed by atoms with E-state index in [9.17, 15) is 9.59 Å². The molecule has 1 heterocycles. The summed E-state index contributed by atoms with van der Waals surface area (Å²) in [6.07, 6.45) is 1.85. The van der Waals surface area contributed by atoms with Gasteiger partial charge < -0.3 is 10.6 Å². The predicted molar refractivity (Wildman–Crippen MR) is 112 cm³/mol. The number of rotatable bonds is 4. The number of primary amides is 1. The van der Waals surface area contributed by atoms with Gasteiger partial charge in [0.1, 0.15) is 0 Å². The quantitative estimate of drug-likeness (QED) is 0.873. The Balaban J connectivity index is 1.72. The molecular weight excluding hydrogens is 348 g/mol. The molecule has 4 nitrogen and oxygen atoms in total. The van der Waals surface area contributed by atoms with E-state index in [1.165, 1.54) is 5.56 Å². The van der Waals surface area contributed by atoms with Crippen molar-refractivity contribution in [2.75, 3.05) is 13.1 Å². The molecule has 148 valence electrons. The molecule has 0 bridgehead atoms. The van der Waals surface area contributed by atoms with E-state index < -0.39 is 10.8 Å². The van der Waals surface area contributed by atoms with Gasteiger partial charge >= 0.3 is 0 Å². The summed E-state index contributed by atoms with van der Waals surface area (Å²) in [7, 11) is 0. The number of carbonyl (C=O) groups excluding carboxylic acids is 2. The molecule has 2 amide bonds. The molecule has 0 aromatic heterocycles. The van der Waals surface area contributed by atoms with E-state index in [0.717, 1.165) is 11.1 Å². The fraction of sp³-hybridized carbons (Fsp3) is 0.417. The van der Waals surface area contributed by atoms with E-state index in [2.05, 4.69) is 36.4 Å². The molecule has 28 heavy (non-hydrogen) atoms. The van der Waals surface area contributed by atoms with Crippen LogP contribution in [0.1, 0.15) is 39.2 Å². The van der Waals surface area contributed by atoms with Crippen LogP contribution >= 0.6 is 0 Å². The molecule has 2 aromatic rings. The van der Waals surface area contributed by atoms with Crippen LogP contribution in [0.15, 0.2) is 54.6 Å². The largest absolute Gasteiger partial charge is 0.369 e. The van der Waals surface area contributed by atoms with E-state index in [1.807, 2.05) is 43.9 Å². The highest BCUT2D eigenvalue weighted by Gasteiger charge is 2.42. The first-order valence-electron chi connectivity index (χ1n) is 9.95. The van der Waals surface area contributed by atoms with Gasteiger partial charge in [0.2, 0.25) is 11.8 Å². The molecule has 4 heteroatoms. The Labute approximate surface area is 167 Å². The summed E-state index contributed by atoms with van der Waals surface area (Å²) in [6, 6.07) is 18.6. The van der Waals surface area contributed by atoms with Crippen LogP contribution in [0.3, 0.4) is 0 Å². The van der Waals surface area contributed by atoms with Crippen LogP contribution < -0.4 is 5.73 Å². The third-order valence-electron chi connectivity index (χ3n) is 5.78. The van der Waals surface area contributed by atoms with E-state index in [1.54, 1.807) is 0 Å². The highest BCUT2D eigenvalue weighted by atomic mass is 16.2. The maximum absolute atomic E-state index is 12.5. The third-order valence-corrected chi connectivity index (χ3v) is 5.78. The molecule has 2 aromatic carbocycles. The first kappa shape index (κ1) is 20.1. The number of likely N-dealkylation sites (tertiary alicyclic amines) is 1. The topological polar surface area (TPSA) is 63.4 Å². The number of carbonyl (C=O) groups is 2. The minimum absolute atomic E-state index is 0.137.